The molecule has 0 fully saturated rings. The van der Waals surface area contributed by atoms with Gasteiger partial charge in [-0.05, 0) is 51.8 Å². The summed E-state index contributed by atoms with van der Waals surface area (Å²) in [5.41, 5.74) is 0.841. The standard InChI is InChI=1S/C14H12Br2FNO2S/c1-18(9-10-3-2-4-11(15)7-10)21(19,20)12-5-6-13(16)14(17)8-12/h2-8H,9H2,1H3. The molecular formula is C14H12Br2FNO2S. The molecule has 0 aliphatic rings. The highest BCUT2D eigenvalue weighted by molar-refractivity contribution is 9.10. The molecular weight excluding hydrogens is 425 g/mol. The van der Waals surface area contributed by atoms with Gasteiger partial charge in [0.05, 0.1) is 9.37 Å². The molecule has 0 saturated carbocycles. The zero-order chi connectivity index (χ0) is 15.6. The van der Waals surface area contributed by atoms with Crippen LogP contribution in [0, 0.1) is 5.82 Å². The molecule has 3 nitrogen and oxygen atoms in total. The summed E-state index contributed by atoms with van der Waals surface area (Å²) in [6.45, 7) is 0.208. The molecule has 7 heteroatoms. The average molecular weight is 437 g/mol. The van der Waals surface area contributed by atoms with Crippen molar-refractivity contribution in [2.24, 2.45) is 0 Å². The number of halogens is 3. The van der Waals surface area contributed by atoms with Crippen LogP contribution < -0.4 is 0 Å². The zero-order valence-corrected chi connectivity index (χ0v) is 15.0. The SMILES string of the molecule is CN(Cc1cccc(Br)c1)S(=O)(=O)c1ccc(Br)c(F)c1. The summed E-state index contributed by atoms with van der Waals surface area (Å²) in [6.07, 6.45) is 0. The Morgan fingerprint density at radius 2 is 1.86 bits per heavy atom. The second-order valence-electron chi connectivity index (χ2n) is 4.47. The summed E-state index contributed by atoms with van der Waals surface area (Å²) >= 11 is 6.35. The lowest BCUT2D eigenvalue weighted by molar-refractivity contribution is 0.466. The van der Waals surface area contributed by atoms with E-state index in [1.165, 1.54) is 23.5 Å². The maximum absolute atomic E-state index is 13.5. The van der Waals surface area contributed by atoms with Crippen LogP contribution in [0.25, 0.3) is 0 Å². The van der Waals surface area contributed by atoms with Gasteiger partial charge in [0, 0.05) is 18.1 Å². The van der Waals surface area contributed by atoms with E-state index in [0.717, 1.165) is 16.1 Å². The van der Waals surface area contributed by atoms with Gasteiger partial charge < -0.3 is 0 Å². The summed E-state index contributed by atoms with van der Waals surface area (Å²) in [7, 11) is -2.26. The van der Waals surface area contributed by atoms with E-state index in [0.29, 0.717) is 0 Å². The monoisotopic (exact) mass is 435 g/mol. The fraction of sp³-hybridized carbons (Fsp3) is 0.143. The van der Waals surface area contributed by atoms with Crippen LogP contribution in [0.1, 0.15) is 5.56 Å². The van der Waals surface area contributed by atoms with E-state index in [4.69, 9.17) is 0 Å². The van der Waals surface area contributed by atoms with Gasteiger partial charge in [0.2, 0.25) is 10.0 Å². The van der Waals surface area contributed by atoms with Crippen LogP contribution in [0.5, 0.6) is 0 Å². The molecule has 112 valence electrons. The van der Waals surface area contributed by atoms with E-state index < -0.39 is 15.8 Å². The van der Waals surface area contributed by atoms with Crippen molar-refractivity contribution in [3.8, 4) is 0 Å². The van der Waals surface area contributed by atoms with Gasteiger partial charge in [-0.25, -0.2) is 12.8 Å². The smallest absolute Gasteiger partial charge is 0.207 e. The molecule has 0 unspecified atom stereocenters. The van der Waals surface area contributed by atoms with Crippen molar-refractivity contribution in [2.75, 3.05) is 7.05 Å². The molecule has 0 atom stereocenters. The van der Waals surface area contributed by atoms with Crippen molar-refractivity contribution in [3.63, 3.8) is 0 Å². The first-order valence-electron chi connectivity index (χ1n) is 5.96. The minimum absolute atomic E-state index is 0.0688. The van der Waals surface area contributed by atoms with E-state index in [1.54, 1.807) is 0 Å². The van der Waals surface area contributed by atoms with E-state index in [1.807, 2.05) is 24.3 Å². The molecule has 0 radical (unpaired) electrons. The molecule has 0 aromatic heterocycles. The van der Waals surface area contributed by atoms with Gasteiger partial charge in [0.15, 0.2) is 0 Å². The molecule has 0 spiro atoms. The lowest BCUT2D eigenvalue weighted by Crippen LogP contribution is -2.26. The van der Waals surface area contributed by atoms with Crippen LogP contribution in [0.15, 0.2) is 56.3 Å². The Morgan fingerprint density at radius 1 is 1.14 bits per heavy atom. The Kier molecular flexibility index (Phi) is 5.19. The van der Waals surface area contributed by atoms with Gasteiger partial charge >= 0.3 is 0 Å². The lowest BCUT2D eigenvalue weighted by Gasteiger charge is -2.17. The molecule has 0 amide bonds. The van der Waals surface area contributed by atoms with Crippen molar-refractivity contribution >= 4 is 41.9 Å². The molecule has 0 N–H and O–H groups in total. The minimum Gasteiger partial charge on any atom is -0.207 e. The first-order chi connectivity index (χ1) is 9.80. The summed E-state index contributed by atoms with van der Waals surface area (Å²) in [6, 6.07) is 11.1. The van der Waals surface area contributed by atoms with Crippen LogP contribution in [0.4, 0.5) is 4.39 Å². The Balaban J connectivity index is 2.28. The van der Waals surface area contributed by atoms with E-state index in [2.05, 4.69) is 31.9 Å². The number of benzene rings is 2. The third-order valence-electron chi connectivity index (χ3n) is 2.89. The molecule has 0 saturated heterocycles. The Labute approximate surface area is 140 Å². The Morgan fingerprint density at radius 3 is 2.48 bits per heavy atom. The Hall–Kier alpha value is -0.760. The predicted molar refractivity (Wildman–Crippen MR) is 86.9 cm³/mol. The fourth-order valence-corrected chi connectivity index (χ4v) is 3.66. The molecule has 2 aromatic rings. The quantitative estimate of drug-likeness (QED) is 0.721. The van der Waals surface area contributed by atoms with E-state index >= 15 is 0 Å². The van der Waals surface area contributed by atoms with Gasteiger partial charge in [0.1, 0.15) is 5.82 Å². The molecule has 0 aliphatic heterocycles. The molecule has 21 heavy (non-hydrogen) atoms. The van der Waals surface area contributed by atoms with Gasteiger partial charge in [0.25, 0.3) is 0 Å². The summed E-state index contributed by atoms with van der Waals surface area (Å²) in [4.78, 5) is -0.0688. The minimum atomic E-state index is -3.73. The highest BCUT2D eigenvalue weighted by Crippen LogP contribution is 2.23. The van der Waals surface area contributed by atoms with Crippen molar-refractivity contribution in [3.05, 3.63) is 62.8 Å². The number of rotatable bonds is 4. The number of sulfonamides is 1. The largest absolute Gasteiger partial charge is 0.243 e. The van der Waals surface area contributed by atoms with Crippen LogP contribution in [0.3, 0.4) is 0 Å². The number of nitrogens with zero attached hydrogens (tertiary/aromatic N) is 1. The van der Waals surface area contributed by atoms with E-state index in [9.17, 15) is 12.8 Å². The highest BCUT2D eigenvalue weighted by Gasteiger charge is 2.22. The van der Waals surface area contributed by atoms with Crippen LogP contribution in [-0.2, 0) is 16.6 Å². The first kappa shape index (κ1) is 16.6. The third-order valence-corrected chi connectivity index (χ3v) is 5.83. The highest BCUT2D eigenvalue weighted by atomic mass is 79.9. The van der Waals surface area contributed by atoms with Crippen LogP contribution in [0.2, 0.25) is 0 Å². The van der Waals surface area contributed by atoms with Gasteiger partial charge in [-0.15, -0.1) is 0 Å². The maximum atomic E-state index is 13.5. The topological polar surface area (TPSA) is 37.4 Å². The number of hydrogen-bond donors (Lipinski definition) is 0. The van der Waals surface area contributed by atoms with Crippen LogP contribution in [-0.4, -0.2) is 19.8 Å². The third kappa shape index (κ3) is 3.91. The molecule has 0 heterocycles. The summed E-state index contributed by atoms with van der Waals surface area (Å²) in [5, 5.41) is 0. The zero-order valence-electron chi connectivity index (χ0n) is 11.1. The van der Waals surface area contributed by atoms with Crippen LogP contribution >= 0.6 is 31.9 Å². The second-order valence-corrected chi connectivity index (χ2v) is 8.28. The molecule has 0 bridgehead atoms. The van der Waals surface area contributed by atoms with Gasteiger partial charge in [-0.1, -0.05) is 28.1 Å². The van der Waals surface area contributed by atoms with Crippen molar-refractivity contribution in [1.82, 2.24) is 4.31 Å². The van der Waals surface area contributed by atoms with Gasteiger partial charge in [-0.2, -0.15) is 4.31 Å². The molecule has 2 rings (SSSR count). The lowest BCUT2D eigenvalue weighted by atomic mass is 10.2. The first-order valence-corrected chi connectivity index (χ1v) is 8.99. The molecule has 0 aliphatic carbocycles. The average Bonchev–Trinajstić information content (AvgIpc) is 2.41. The van der Waals surface area contributed by atoms with Crippen molar-refractivity contribution in [2.45, 2.75) is 11.4 Å². The second kappa shape index (κ2) is 6.56. The number of hydrogen-bond acceptors (Lipinski definition) is 2. The maximum Gasteiger partial charge on any atom is 0.243 e. The summed E-state index contributed by atoms with van der Waals surface area (Å²) in [5.74, 6) is -0.605. The van der Waals surface area contributed by atoms with Crippen molar-refractivity contribution in [1.29, 1.82) is 0 Å². The summed E-state index contributed by atoms with van der Waals surface area (Å²) < 4.78 is 40.7. The molecule has 2 aromatic carbocycles. The van der Waals surface area contributed by atoms with Crippen molar-refractivity contribution < 1.29 is 12.8 Å². The Bertz CT molecular complexity index is 765. The normalized spacial score (nSPS) is 11.9. The van der Waals surface area contributed by atoms with Gasteiger partial charge in [-0.3, -0.25) is 0 Å². The van der Waals surface area contributed by atoms with E-state index in [-0.39, 0.29) is 15.9 Å². The predicted octanol–water partition coefficient (Wildman–Crippen LogP) is 4.17. The fourth-order valence-electron chi connectivity index (χ4n) is 1.79.